The summed E-state index contributed by atoms with van der Waals surface area (Å²) in [5.74, 6) is -2.43. The molecule has 1 aromatic rings. The van der Waals surface area contributed by atoms with E-state index < -0.39 is 5.76 Å². The average molecular weight is 328 g/mol. The van der Waals surface area contributed by atoms with Crippen molar-refractivity contribution in [2.45, 2.75) is 42.9 Å². The second-order valence-electron chi connectivity index (χ2n) is 5.38. The zero-order valence-electron chi connectivity index (χ0n) is 12.7. The van der Waals surface area contributed by atoms with Gasteiger partial charge < -0.3 is 10.2 Å². The van der Waals surface area contributed by atoms with Crippen LogP contribution in [0.15, 0.2) is 29.2 Å². The SMILES string of the molecule is CCCN(C(=O)c1ccc(SC(F)F)cc1)C1CCNCC1. The van der Waals surface area contributed by atoms with Gasteiger partial charge in [0, 0.05) is 23.0 Å². The number of hydrogen-bond donors (Lipinski definition) is 1. The number of alkyl halides is 2. The van der Waals surface area contributed by atoms with Gasteiger partial charge in [-0.05, 0) is 56.6 Å². The summed E-state index contributed by atoms with van der Waals surface area (Å²) >= 11 is 0.499. The Morgan fingerprint density at radius 1 is 1.32 bits per heavy atom. The molecule has 1 saturated heterocycles. The summed E-state index contributed by atoms with van der Waals surface area (Å²) in [6.45, 7) is 4.66. The van der Waals surface area contributed by atoms with Gasteiger partial charge in [-0.3, -0.25) is 4.79 Å². The van der Waals surface area contributed by atoms with Gasteiger partial charge in [0.05, 0.1) is 0 Å². The summed E-state index contributed by atoms with van der Waals surface area (Å²) in [6.07, 6.45) is 2.84. The van der Waals surface area contributed by atoms with Crippen LogP contribution in [0.2, 0.25) is 0 Å². The lowest BCUT2D eigenvalue weighted by molar-refractivity contribution is 0.0642. The monoisotopic (exact) mass is 328 g/mol. The molecular weight excluding hydrogens is 306 g/mol. The fourth-order valence-electron chi connectivity index (χ4n) is 2.75. The Balaban J connectivity index is 2.08. The summed E-state index contributed by atoms with van der Waals surface area (Å²) < 4.78 is 24.7. The van der Waals surface area contributed by atoms with Crippen molar-refractivity contribution in [3.63, 3.8) is 0 Å². The lowest BCUT2D eigenvalue weighted by atomic mass is 10.0. The Kier molecular flexibility index (Phi) is 6.64. The van der Waals surface area contributed by atoms with E-state index >= 15 is 0 Å². The van der Waals surface area contributed by atoms with Gasteiger partial charge in [-0.15, -0.1) is 0 Å². The van der Waals surface area contributed by atoms with Gasteiger partial charge in [-0.2, -0.15) is 8.78 Å². The minimum Gasteiger partial charge on any atom is -0.336 e. The number of nitrogens with one attached hydrogen (secondary N) is 1. The fraction of sp³-hybridized carbons (Fsp3) is 0.562. The molecule has 0 spiro atoms. The smallest absolute Gasteiger partial charge is 0.288 e. The largest absolute Gasteiger partial charge is 0.336 e. The van der Waals surface area contributed by atoms with E-state index in [2.05, 4.69) is 12.2 Å². The van der Waals surface area contributed by atoms with Crippen LogP contribution in [-0.4, -0.2) is 42.2 Å². The van der Waals surface area contributed by atoms with Gasteiger partial charge >= 0.3 is 0 Å². The standard InChI is InChI=1S/C16H22F2N2OS/c1-2-11-20(13-7-9-19-10-8-13)15(21)12-3-5-14(6-4-12)22-16(17)18/h3-6,13,16,19H,2,7-11H2,1H3. The van der Waals surface area contributed by atoms with E-state index in [9.17, 15) is 13.6 Å². The maximum absolute atomic E-state index is 12.7. The number of piperidine rings is 1. The molecule has 1 heterocycles. The second kappa shape index (κ2) is 8.48. The Morgan fingerprint density at radius 2 is 1.95 bits per heavy atom. The normalized spacial score (nSPS) is 16.0. The predicted molar refractivity (Wildman–Crippen MR) is 85.5 cm³/mol. The number of hydrogen-bond acceptors (Lipinski definition) is 3. The van der Waals surface area contributed by atoms with Crippen LogP contribution >= 0.6 is 11.8 Å². The summed E-state index contributed by atoms with van der Waals surface area (Å²) in [6, 6.07) is 6.75. The van der Waals surface area contributed by atoms with Crippen molar-refractivity contribution in [3.05, 3.63) is 29.8 Å². The Hall–Kier alpha value is -1.14. The average Bonchev–Trinajstić information content (AvgIpc) is 2.53. The summed E-state index contributed by atoms with van der Waals surface area (Å²) in [4.78, 5) is 15.1. The summed E-state index contributed by atoms with van der Waals surface area (Å²) in [5.41, 5.74) is 0.575. The molecule has 0 radical (unpaired) electrons. The minimum absolute atomic E-state index is 0.00217. The topological polar surface area (TPSA) is 32.3 Å². The number of nitrogens with zero attached hydrogens (tertiary/aromatic N) is 1. The molecule has 0 aromatic heterocycles. The minimum atomic E-state index is -2.44. The molecule has 1 aliphatic rings. The third-order valence-corrected chi connectivity index (χ3v) is 4.52. The van der Waals surface area contributed by atoms with E-state index in [1.165, 1.54) is 0 Å². The van der Waals surface area contributed by atoms with Crippen LogP contribution in [0.3, 0.4) is 0 Å². The molecule has 3 nitrogen and oxygen atoms in total. The predicted octanol–water partition coefficient (Wildman–Crippen LogP) is 3.61. The highest BCUT2D eigenvalue weighted by molar-refractivity contribution is 7.99. The third kappa shape index (κ3) is 4.68. The van der Waals surface area contributed by atoms with Crippen molar-refractivity contribution in [2.24, 2.45) is 0 Å². The molecular formula is C16H22F2N2OS. The van der Waals surface area contributed by atoms with E-state index in [1.54, 1.807) is 24.3 Å². The molecule has 0 saturated carbocycles. The van der Waals surface area contributed by atoms with Gasteiger partial charge in [0.25, 0.3) is 11.7 Å². The van der Waals surface area contributed by atoms with Crippen molar-refractivity contribution in [2.75, 3.05) is 19.6 Å². The second-order valence-corrected chi connectivity index (χ2v) is 6.45. The molecule has 6 heteroatoms. The van der Waals surface area contributed by atoms with E-state index in [4.69, 9.17) is 0 Å². The molecule has 122 valence electrons. The first-order valence-corrected chi connectivity index (χ1v) is 8.56. The van der Waals surface area contributed by atoms with Crippen molar-refractivity contribution in [1.82, 2.24) is 10.2 Å². The highest BCUT2D eigenvalue weighted by atomic mass is 32.2. The molecule has 1 aromatic carbocycles. The number of carbonyl (C=O) groups is 1. The van der Waals surface area contributed by atoms with Crippen molar-refractivity contribution in [3.8, 4) is 0 Å². The number of thioether (sulfide) groups is 1. The summed E-state index contributed by atoms with van der Waals surface area (Å²) in [7, 11) is 0. The number of halogens is 2. The van der Waals surface area contributed by atoms with E-state index in [1.807, 2.05) is 4.90 Å². The Bertz CT molecular complexity index is 476. The van der Waals surface area contributed by atoms with Crippen LogP contribution in [0.1, 0.15) is 36.5 Å². The Morgan fingerprint density at radius 3 is 2.50 bits per heavy atom. The molecule has 1 N–H and O–H groups in total. The Labute approximate surface area is 134 Å². The third-order valence-electron chi connectivity index (χ3n) is 3.80. The van der Waals surface area contributed by atoms with Gasteiger partial charge in [0.2, 0.25) is 0 Å². The first-order valence-electron chi connectivity index (χ1n) is 7.68. The van der Waals surface area contributed by atoms with E-state index in [0.717, 1.165) is 38.9 Å². The van der Waals surface area contributed by atoms with Crippen molar-refractivity contribution < 1.29 is 13.6 Å². The van der Waals surface area contributed by atoms with Crippen LogP contribution in [0.4, 0.5) is 8.78 Å². The van der Waals surface area contributed by atoms with Crippen LogP contribution in [0, 0.1) is 0 Å². The van der Waals surface area contributed by atoms with Gasteiger partial charge in [0.1, 0.15) is 0 Å². The first-order chi connectivity index (χ1) is 10.6. The quantitative estimate of drug-likeness (QED) is 0.810. The fourth-order valence-corrected chi connectivity index (χ4v) is 3.25. The summed E-state index contributed by atoms with van der Waals surface area (Å²) in [5, 5.41) is 3.30. The highest BCUT2D eigenvalue weighted by Gasteiger charge is 2.25. The zero-order chi connectivity index (χ0) is 15.9. The maximum Gasteiger partial charge on any atom is 0.288 e. The van der Waals surface area contributed by atoms with Crippen molar-refractivity contribution >= 4 is 17.7 Å². The van der Waals surface area contributed by atoms with E-state index in [-0.39, 0.29) is 11.9 Å². The number of amides is 1. The highest BCUT2D eigenvalue weighted by Crippen LogP contribution is 2.26. The van der Waals surface area contributed by atoms with E-state index in [0.29, 0.717) is 22.2 Å². The van der Waals surface area contributed by atoms with Crippen LogP contribution in [-0.2, 0) is 0 Å². The number of rotatable bonds is 6. The molecule has 22 heavy (non-hydrogen) atoms. The number of carbonyl (C=O) groups excluding carboxylic acids is 1. The van der Waals surface area contributed by atoms with Crippen LogP contribution < -0.4 is 5.32 Å². The molecule has 1 fully saturated rings. The molecule has 0 unspecified atom stereocenters. The van der Waals surface area contributed by atoms with Crippen molar-refractivity contribution in [1.29, 1.82) is 0 Å². The molecule has 2 rings (SSSR count). The lowest BCUT2D eigenvalue weighted by Crippen LogP contribution is -2.46. The molecule has 1 aliphatic heterocycles. The number of benzene rings is 1. The van der Waals surface area contributed by atoms with Gasteiger partial charge in [-0.25, -0.2) is 0 Å². The zero-order valence-corrected chi connectivity index (χ0v) is 13.5. The molecule has 0 atom stereocenters. The maximum atomic E-state index is 12.7. The molecule has 1 amide bonds. The lowest BCUT2D eigenvalue weighted by Gasteiger charge is -2.34. The van der Waals surface area contributed by atoms with Gasteiger partial charge in [-0.1, -0.05) is 18.7 Å². The van der Waals surface area contributed by atoms with Crippen LogP contribution in [0.5, 0.6) is 0 Å². The molecule has 0 bridgehead atoms. The van der Waals surface area contributed by atoms with Gasteiger partial charge in [0.15, 0.2) is 0 Å². The first kappa shape index (κ1) is 17.2. The molecule has 0 aliphatic carbocycles. The van der Waals surface area contributed by atoms with Crippen LogP contribution in [0.25, 0.3) is 0 Å².